The lowest BCUT2D eigenvalue weighted by Crippen LogP contribution is -2.41. The van der Waals surface area contributed by atoms with E-state index in [-0.39, 0.29) is 17.9 Å². The van der Waals surface area contributed by atoms with E-state index in [1.807, 2.05) is 34.6 Å². The predicted molar refractivity (Wildman–Crippen MR) is 102 cm³/mol. The Balaban J connectivity index is 1.65. The van der Waals surface area contributed by atoms with Crippen LogP contribution in [-0.2, 0) is 17.9 Å². The fraction of sp³-hybridized carbons (Fsp3) is 0.500. The fourth-order valence-corrected chi connectivity index (χ4v) is 3.26. The first-order valence-corrected chi connectivity index (χ1v) is 9.50. The summed E-state index contributed by atoms with van der Waals surface area (Å²) in [7, 11) is 0. The maximum absolute atomic E-state index is 12.5. The van der Waals surface area contributed by atoms with Crippen LogP contribution in [0, 0.1) is 5.92 Å². The molecule has 7 heteroatoms. The number of imidazole rings is 1. The average molecular weight is 369 g/mol. The minimum atomic E-state index is -0.229. The molecule has 0 saturated carbocycles. The summed E-state index contributed by atoms with van der Waals surface area (Å²) < 4.78 is 1.98. The van der Waals surface area contributed by atoms with Gasteiger partial charge in [-0.15, -0.1) is 0 Å². The number of fused-ring (bicyclic) bond motifs is 1. The molecular formula is C20H27N5O2. The molecule has 2 amide bonds. The van der Waals surface area contributed by atoms with Gasteiger partial charge in [0.05, 0.1) is 18.3 Å². The van der Waals surface area contributed by atoms with Crippen LogP contribution in [0.5, 0.6) is 0 Å². The van der Waals surface area contributed by atoms with E-state index in [0.29, 0.717) is 37.7 Å². The molecule has 0 radical (unpaired) electrons. The van der Waals surface area contributed by atoms with Crippen molar-refractivity contribution in [3.63, 3.8) is 0 Å². The van der Waals surface area contributed by atoms with Gasteiger partial charge >= 0.3 is 0 Å². The number of carbonyl (C=O) groups excluding carboxylic acids is 2. The molecule has 1 atom stereocenters. The second kappa shape index (κ2) is 8.33. The molecule has 2 aromatic rings. The first-order chi connectivity index (χ1) is 13.0. The smallest absolute Gasteiger partial charge is 0.271 e. The Morgan fingerprint density at radius 1 is 1.30 bits per heavy atom. The summed E-state index contributed by atoms with van der Waals surface area (Å²) in [6.07, 6.45) is 4.91. The topological polar surface area (TPSA) is 80.1 Å². The second-order valence-electron chi connectivity index (χ2n) is 7.38. The first-order valence-electron chi connectivity index (χ1n) is 9.50. The first kappa shape index (κ1) is 19.1. The highest BCUT2D eigenvalue weighted by atomic mass is 16.2. The van der Waals surface area contributed by atoms with Crippen molar-refractivity contribution >= 4 is 11.8 Å². The number of carbonyl (C=O) groups is 2. The van der Waals surface area contributed by atoms with Gasteiger partial charge in [0.2, 0.25) is 5.91 Å². The van der Waals surface area contributed by atoms with Crippen LogP contribution in [0.15, 0.2) is 30.6 Å². The van der Waals surface area contributed by atoms with Gasteiger partial charge in [0, 0.05) is 31.9 Å². The Hall–Kier alpha value is -2.70. The fourth-order valence-electron chi connectivity index (χ4n) is 3.26. The highest BCUT2D eigenvalue weighted by molar-refractivity contribution is 5.92. The van der Waals surface area contributed by atoms with Crippen molar-refractivity contribution in [1.29, 1.82) is 0 Å². The normalized spacial score (nSPS) is 16.3. The summed E-state index contributed by atoms with van der Waals surface area (Å²) in [5.74, 6) is 1.20. The molecule has 27 heavy (non-hydrogen) atoms. The van der Waals surface area contributed by atoms with Gasteiger partial charge < -0.3 is 14.8 Å². The summed E-state index contributed by atoms with van der Waals surface area (Å²) >= 11 is 0. The quantitative estimate of drug-likeness (QED) is 0.849. The average Bonchev–Trinajstić information content (AvgIpc) is 3.10. The SMILES string of the molecule is CC(C)CCC(=O)N1CCn2cc(C(=O)NCc3ccccn3)nc2C1C. The van der Waals surface area contributed by atoms with Gasteiger partial charge in [-0.05, 0) is 31.4 Å². The third-order valence-electron chi connectivity index (χ3n) is 4.88. The summed E-state index contributed by atoms with van der Waals surface area (Å²) in [4.78, 5) is 35.5. The second-order valence-corrected chi connectivity index (χ2v) is 7.38. The number of hydrogen-bond donors (Lipinski definition) is 1. The monoisotopic (exact) mass is 369 g/mol. The van der Waals surface area contributed by atoms with Gasteiger partial charge in [-0.1, -0.05) is 19.9 Å². The van der Waals surface area contributed by atoms with Crippen molar-refractivity contribution < 1.29 is 9.59 Å². The molecule has 144 valence electrons. The molecule has 0 spiro atoms. The van der Waals surface area contributed by atoms with Crippen LogP contribution in [0.3, 0.4) is 0 Å². The Morgan fingerprint density at radius 3 is 2.81 bits per heavy atom. The molecule has 0 aliphatic carbocycles. The lowest BCUT2D eigenvalue weighted by Gasteiger charge is -2.34. The molecule has 1 aliphatic heterocycles. The van der Waals surface area contributed by atoms with E-state index in [1.165, 1.54) is 0 Å². The number of hydrogen-bond acceptors (Lipinski definition) is 4. The zero-order chi connectivity index (χ0) is 19.4. The molecule has 1 aliphatic rings. The Kier molecular flexibility index (Phi) is 5.88. The van der Waals surface area contributed by atoms with Crippen molar-refractivity contribution in [2.24, 2.45) is 5.92 Å². The van der Waals surface area contributed by atoms with Crippen LogP contribution in [0.4, 0.5) is 0 Å². The van der Waals surface area contributed by atoms with Gasteiger partial charge in [0.15, 0.2) is 0 Å². The molecule has 0 bridgehead atoms. The molecule has 1 unspecified atom stereocenters. The third kappa shape index (κ3) is 4.53. The summed E-state index contributed by atoms with van der Waals surface area (Å²) in [5, 5.41) is 2.85. The minimum Gasteiger partial charge on any atom is -0.345 e. The molecule has 3 heterocycles. The molecular weight excluding hydrogens is 342 g/mol. The lowest BCUT2D eigenvalue weighted by atomic mass is 10.1. The number of aromatic nitrogens is 3. The highest BCUT2D eigenvalue weighted by Gasteiger charge is 2.30. The summed E-state index contributed by atoms with van der Waals surface area (Å²) in [5.41, 5.74) is 1.18. The largest absolute Gasteiger partial charge is 0.345 e. The molecule has 7 nitrogen and oxygen atoms in total. The van der Waals surface area contributed by atoms with Crippen molar-refractivity contribution in [2.75, 3.05) is 6.54 Å². The van der Waals surface area contributed by atoms with Crippen molar-refractivity contribution in [1.82, 2.24) is 24.8 Å². The standard InChI is InChI=1S/C20H27N5O2/c1-14(2)7-8-18(26)25-11-10-24-13-17(23-19(24)15(25)3)20(27)22-12-16-6-4-5-9-21-16/h4-6,9,13-15H,7-8,10-12H2,1-3H3,(H,22,27). The van der Waals surface area contributed by atoms with Crippen LogP contribution in [0.25, 0.3) is 0 Å². The highest BCUT2D eigenvalue weighted by Crippen LogP contribution is 2.26. The number of nitrogens with zero attached hydrogens (tertiary/aromatic N) is 4. The Labute approximate surface area is 159 Å². The van der Waals surface area contributed by atoms with E-state index >= 15 is 0 Å². The third-order valence-corrected chi connectivity index (χ3v) is 4.88. The molecule has 0 fully saturated rings. The zero-order valence-corrected chi connectivity index (χ0v) is 16.2. The van der Waals surface area contributed by atoms with E-state index in [1.54, 1.807) is 12.4 Å². The van der Waals surface area contributed by atoms with Gasteiger partial charge in [-0.3, -0.25) is 14.6 Å². The van der Waals surface area contributed by atoms with Crippen LogP contribution < -0.4 is 5.32 Å². The van der Waals surface area contributed by atoms with Gasteiger partial charge in [-0.2, -0.15) is 0 Å². The zero-order valence-electron chi connectivity index (χ0n) is 16.2. The molecule has 1 N–H and O–H groups in total. The van der Waals surface area contributed by atoms with Crippen molar-refractivity contribution in [2.45, 2.75) is 52.7 Å². The van der Waals surface area contributed by atoms with Crippen LogP contribution in [0.2, 0.25) is 0 Å². The molecule has 0 aromatic carbocycles. The van der Waals surface area contributed by atoms with Crippen molar-refractivity contribution in [3.05, 3.63) is 47.8 Å². The molecule has 2 aromatic heterocycles. The van der Waals surface area contributed by atoms with E-state index < -0.39 is 0 Å². The van der Waals surface area contributed by atoms with Gasteiger partial charge in [0.25, 0.3) is 5.91 Å². The maximum Gasteiger partial charge on any atom is 0.271 e. The van der Waals surface area contributed by atoms with Crippen LogP contribution in [0.1, 0.15) is 61.7 Å². The Bertz CT molecular complexity index is 800. The Morgan fingerprint density at radius 2 is 2.11 bits per heavy atom. The number of nitrogens with one attached hydrogen (secondary N) is 1. The lowest BCUT2D eigenvalue weighted by molar-refractivity contribution is -0.134. The molecule has 3 rings (SSSR count). The minimum absolute atomic E-state index is 0.129. The van der Waals surface area contributed by atoms with Crippen LogP contribution in [-0.4, -0.2) is 37.8 Å². The van der Waals surface area contributed by atoms with E-state index in [9.17, 15) is 9.59 Å². The molecule has 0 saturated heterocycles. The maximum atomic E-state index is 12.5. The van der Waals surface area contributed by atoms with E-state index in [0.717, 1.165) is 17.9 Å². The van der Waals surface area contributed by atoms with Gasteiger partial charge in [0.1, 0.15) is 11.5 Å². The van der Waals surface area contributed by atoms with E-state index in [2.05, 4.69) is 29.1 Å². The predicted octanol–water partition coefficient (Wildman–Crippen LogP) is 2.55. The van der Waals surface area contributed by atoms with Gasteiger partial charge in [-0.25, -0.2) is 4.98 Å². The number of rotatable bonds is 6. The summed E-state index contributed by atoms with van der Waals surface area (Å²) in [6, 6.07) is 5.46. The number of amides is 2. The van der Waals surface area contributed by atoms with E-state index in [4.69, 9.17) is 0 Å². The number of pyridine rings is 1. The summed E-state index contributed by atoms with van der Waals surface area (Å²) in [6.45, 7) is 7.88. The van der Waals surface area contributed by atoms with Crippen molar-refractivity contribution in [3.8, 4) is 0 Å². The van der Waals surface area contributed by atoms with Crippen LogP contribution >= 0.6 is 0 Å².